The van der Waals surface area contributed by atoms with Gasteiger partial charge < -0.3 is 4.79 Å². The summed E-state index contributed by atoms with van der Waals surface area (Å²) in [6.07, 6.45) is 7.89. The van der Waals surface area contributed by atoms with Crippen LogP contribution in [0.4, 0.5) is 0 Å². The molecule has 17 heavy (non-hydrogen) atoms. The Labute approximate surface area is 104 Å². The number of hydrogen-bond acceptors (Lipinski definition) is 3. The minimum Gasteiger partial charge on any atom is -0.303 e. The zero-order chi connectivity index (χ0) is 13.1. The van der Waals surface area contributed by atoms with Gasteiger partial charge >= 0.3 is 0 Å². The molecule has 0 aliphatic heterocycles. The third kappa shape index (κ3) is 7.88. The van der Waals surface area contributed by atoms with Gasteiger partial charge in [-0.05, 0) is 12.8 Å². The fourth-order valence-electron chi connectivity index (χ4n) is 2.22. The van der Waals surface area contributed by atoms with Crippen molar-refractivity contribution in [3.8, 4) is 0 Å². The fraction of sp³-hybridized carbons (Fsp3) is 0.923. The average Bonchev–Trinajstić information content (AvgIpc) is 2.28. The van der Waals surface area contributed by atoms with Crippen LogP contribution in [0.25, 0.3) is 0 Å². The van der Waals surface area contributed by atoms with E-state index < -0.39 is 0 Å². The molecule has 0 aromatic heterocycles. The predicted octanol–water partition coefficient (Wildman–Crippen LogP) is 3.46. The number of hydrogen-bond donors (Lipinski definition) is 0. The number of aldehydes is 1. The zero-order valence-corrected chi connectivity index (χ0v) is 11.1. The molecule has 2 atom stereocenters. The van der Waals surface area contributed by atoms with Crippen LogP contribution in [0.5, 0.6) is 0 Å². The molecule has 0 aromatic carbocycles. The summed E-state index contributed by atoms with van der Waals surface area (Å²) in [4.78, 5) is 21.3. The summed E-state index contributed by atoms with van der Waals surface area (Å²) in [5.41, 5.74) is 0. The lowest BCUT2D eigenvalue weighted by Gasteiger charge is -2.18. The van der Waals surface area contributed by atoms with Crippen LogP contribution >= 0.6 is 0 Å². The van der Waals surface area contributed by atoms with Crippen LogP contribution in [-0.2, 0) is 4.79 Å². The molecule has 0 aliphatic carbocycles. The Morgan fingerprint density at radius 2 is 1.82 bits per heavy atom. The Bertz CT molecular complexity index is 219. The zero-order valence-electron chi connectivity index (χ0n) is 11.1. The Morgan fingerprint density at radius 3 is 2.29 bits per heavy atom. The van der Waals surface area contributed by atoms with Gasteiger partial charge in [0.2, 0.25) is 6.54 Å². The third-order valence-corrected chi connectivity index (χ3v) is 3.21. The molecule has 100 valence electrons. The summed E-state index contributed by atoms with van der Waals surface area (Å²) >= 11 is 0. The second-order valence-corrected chi connectivity index (χ2v) is 4.71. The van der Waals surface area contributed by atoms with E-state index in [2.05, 4.69) is 6.92 Å². The van der Waals surface area contributed by atoms with Gasteiger partial charge in [-0.1, -0.05) is 46.0 Å². The second-order valence-electron chi connectivity index (χ2n) is 4.71. The summed E-state index contributed by atoms with van der Waals surface area (Å²) in [6.45, 7) is 4.08. The highest BCUT2D eigenvalue weighted by Gasteiger charge is 2.24. The molecule has 4 heteroatoms. The van der Waals surface area contributed by atoms with Crippen molar-refractivity contribution in [1.29, 1.82) is 0 Å². The van der Waals surface area contributed by atoms with Crippen LogP contribution in [0, 0.1) is 22.0 Å². The molecular formula is C13H25NO3. The van der Waals surface area contributed by atoms with Crippen LogP contribution in [0.3, 0.4) is 0 Å². The molecule has 4 nitrogen and oxygen atoms in total. The maximum absolute atomic E-state index is 11.0. The second kappa shape index (κ2) is 10.2. The summed E-state index contributed by atoms with van der Waals surface area (Å²) in [6, 6.07) is 0. The quantitative estimate of drug-likeness (QED) is 0.241. The average molecular weight is 243 g/mol. The Morgan fingerprint density at radius 1 is 1.12 bits per heavy atom. The lowest BCUT2D eigenvalue weighted by molar-refractivity contribution is -0.489. The van der Waals surface area contributed by atoms with E-state index in [-0.39, 0.29) is 23.3 Å². The van der Waals surface area contributed by atoms with Crippen molar-refractivity contribution in [3.05, 3.63) is 10.1 Å². The maximum atomic E-state index is 11.0. The van der Waals surface area contributed by atoms with E-state index in [1.165, 1.54) is 12.8 Å². The molecule has 0 radical (unpaired) electrons. The molecular weight excluding hydrogens is 218 g/mol. The first-order chi connectivity index (χ1) is 8.15. The molecule has 0 rings (SSSR count). The predicted molar refractivity (Wildman–Crippen MR) is 68.6 cm³/mol. The summed E-state index contributed by atoms with van der Waals surface area (Å²) in [5.74, 6) is -0.202. The minimum atomic E-state index is -0.289. The normalized spacial score (nSPS) is 14.2. The Hall–Kier alpha value is -0.930. The lowest BCUT2D eigenvalue weighted by atomic mass is 9.85. The molecule has 0 heterocycles. The van der Waals surface area contributed by atoms with E-state index >= 15 is 0 Å². The number of rotatable bonds is 11. The van der Waals surface area contributed by atoms with E-state index in [9.17, 15) is 14.9 Å². The topological polar surface area (TPSA) is 60.2 Å². The molecule has 0 aliphatic rings. The molecule has 0 saturated heterocycles. The molecule has 0 aromatic rings. The minimum absolute atomic E-state index is 0.0645. The van der Waals surface area contributed by atoms with Gasteiger partial charge in [0, 0.05) is 16.8 Å². The van der Waals surface area contributed by atoms with Crippen molar-refractivity contribution >= 4 is 6.29 Å². The van der Waals surface area contributed by atoms with Gasteiger partial charge in [-0.15, -0.1) is 0 Å². The van der Waals surface area contributed by atoms with Crippen LogP contribution in [0.2, 0.25) is 0 Å². The van der Waals surface area contributed by atoms with Crippen LogP contribution in [-0.4, -0.2) is 17.8 Å². The number of nitro groups is 1. The summed E-state index contributed by atoms with van der Waals surface area (Å²) < 4.78 is 0. The van der Waals surface area contributed by atoms with Crippen LogP contribution in [0.1, 0.15) is 58.8 Å². The number of carbonyl (C=O) groups is 1. The largest absolute Gasteiger partial charge is 0.303 e. The van der Waals surface area contributed by atoms with Gasteiger partial charge in [0.15, 0.2) is 0 Å². The highest BCUT2D eigenvalue weighted by molar-refractivity contribution is 5.53. The SMILES string of the molecule is CCCCCC[C@@H](C=O)[C@@H](CCC)C[N+](=O)[O-]. The Kier molecular flexibility index (Phi) is 9.68. The highest BCUT2D eigenvalue weighted by Crippen LogP contribution is 2.22. The first-order valence-corrected chi connectivity index (χ1v) is 6.72. The summed E-state index contributed by atoms with van der Waals surface area (Å²) in [5, 5.41) is 10.6. The fourth-order valence-corrected chi connectivity index (χ4v) is 2.22. The van der Waals surface area contributed by atoms with Crippen LogP contribution in [0.15, 0.2) is 0 Å². The number of carbonyl (C=O) groups excluding carboxylic acids is 1. The van der Waals surface area contributed by atoms with Gasteiger partial charge in [0.1, 0.15) is 6.29 Å². The standard InChI is InChI=1S/C13H25NO3/c1-3-5-6-7-9-13(11-15)12(8-4-2)10-14(16)17/h11-13H,3-10H2,1-2H3/t12-,13-/m0/s1. The van der Waals surface area contributed by atoms with Crippen molar-refractivity contribution in [2.75, 3.05) is 6.54 Å². The van der Waals surface area contributed by atoms with Crippen molar-refractivity contribution in [1.82, 2.24) is 0 Å². The molecule has 0 fully saturated rings. The first kappa shape index (κ1) is 16.1. The lowest BCUT2D eigenvalue weighted by Crippen LogP contribution is -2.24. The van der Waals surface area contributed by atoms with E-state index in [0.717, 1.165) is 38.4 Å². The Balaban J connectivity index is 4.14. The maximum Gasteiger partial charge on any atom is 0.207 e. The third-order valence-electron chi connectivity index (χ3n) is 3.21. The number of unbranched alkanes of at least 4 members (excludes halogenated alkanes) is 3. The molecule has 0 N–H and O–H groups in total. The van der Waals surface area contributed by atoms with E-state index in [0.29, 0.717) is 0 Å². The summed E-state index contributed by atoms with van der Waals surface area (Å²) in [7, 11) is 0. The van der Waals surface area contributed by atoms with Gasteiger partial charge in [-0.25, -0.2) is 0 Å². The highest BCUT2D eigenvalue weighted by atomic mass is 16.6. The van der Waals surface area contributed by atoms with E-state index in [1.54, 1.807) is 0 Å². The molecule has 0 saturated carbocycles. The van der Waals surface area contributed by atoms with Crippen LogP contribution < -0.4 is 0 Å². The molecule has 0 spiro atoms. The van der Waals surface area contributed by atoms with Gasteiger partial charge in [0.05, 0.1) is 0 Å². The van der Waals surface area contributed by atoms with Gasteiger partial charge in [0.25, 0.3) is 0 Å². The van der Waals surface area contributed by atoms with Crippen molar-refractivity contribution in [2.45, 2.75) is 58.8 Å². The number of nitrogens with zero attached hydrogens (tertiary/aromatic N) is 1. The first-order valence-electron chi connectivity index (χ1n) is 6.72. The van der Waals surface area contributed by atoms with E-state index in [1.807, 2.05) is 6.92 Å². The molecule has 0 unspecified atom stereocenters. The van der Waals surface area contributed by atoms with Gasteiger partial charge in [-0.3, -0.25) is 10.1 Å². The van der Waals surface area contributed by atoms with Crippen molar-refractivity contribution in [3.63, 3.8) is 0 Å². The molecule has 0 amide bonds. The smallest absolute Gasteiger partial charge is 0.207 e. The van der Waals surface area contributed by atoms with E-state index in [4.69, 9.17) is 0 Å². The van der Waals surface area contributed by atoms with Crippen molar-refractivity contribution in [2.24, 2.45) is 11.8 Å². The molecule has 0 bridgehead atoms. The monoisotopic (exact) mass is 243 g/mol. The van der Waals surface area contributed by atoms with Crippen molar-refractivity contribution < 1.29 is 9.72 Å². The van der Waals surface area contributed by atoms with Gasteiger partial charge in [-0.2, -0.15) is 0 Å².